The molecule has 0 saturated heterocycles. The Morgan fingerprint density at radius 2 is 1.90 bits per heavy atom. The predicted molar refractivity (Wildman–Crippen MR) is 50.1 cm³/mol. The second-order valence-corrected chi connectivity index (χ2v) is 6.13. The summed E-state index contributed by atoms with van der Waals surface area (Å²) in [5.74, 6) is 0. The first kappa shape index (κ1) is 7.72. The number of rotatable bonds is 2. The SMILES string of the molecule is C[SiH](O[SiH3])c1ccccc1. The van der Waals surface area contributed by atoms with Gasteiger partial charge < -0.3 is 4.12 Å². The van der Waals surface area contributed by atoms with E-state index in [9.17, 15) is 0 Å². The summed E-state index contributed by atoms with van der Waals surface area (Å²) in [4.78, 5) is 0. The molecule has 0 amide bonds. The van der Waals surface area contributed by atoms with Gasteiger partial charge in [-0.3, -0.25) is 0 Å². The van der Waals surface area contributed by atoms with Gasteiger partial charge in [0.1, 0.15) is 10.5 Å². The Kier molecular flexibility index (Phi) is 2.86. The zero-order valence-electron chi connectivity index (χ0n) is 6.37. The molecule has 1 aromatic carbocycles. The lowest BCUT2D eigenvalue weighted by Gasteiger charge is -2.06. The van der Waals surface area contributed by atoms with Crippen LogP contribution in [0.4, 0.5) is 0 Å². The lowest BCUT2D eigenvalue weighted by Crippen LogP contribution is -2.28. The van der Waals surface area contributed by atoms with Gasteiger partial charge in [-0.05, 0) is 11.7 Å². The molecule has 1 aromatic rings. The smallest absolute Gasteiger partial charge is 0.191 e. The van der Waals surface area contributed by atoms with Crippen molar-refractivity contribution in [2.75, 3.05) is 0 Å². The molecule has 0 bridgehead atoms. The van der Waals surface area contributed by atoms with E-state index >= 15 is 0 Å². The standard InChI is InChI=1S/C7H12OSi2/c1-10(8-9)7-5-3-2-4-6-7/h2-6,10H,1,9H3. The number of hydrogen-bond acceptors (Lipinski definition) is 1. The average molecular weight is 168 g/mol. The van der Waals surface area contributed by atoms with Gasteiger partial charge in [-0.1, -0.05) is 30.3 Å². The van der Waals surface area contributed by atoms with Crippen molar-refractivity contribution in [3.05, 3.63) is 30.3 Å². The van der Waals surface area contributed by atoms with Gasteiger partial charge in [0.05, 0.1) is 0 Å². The van der Waals surface area contributed by atoms with Crippen LogP contribution in [0.2, 0.25) is 6.55 Å². The summed E-state index contributed by atoms with van der Waals surface area (Å²) >= 11 is 0. The Morgan fingerprint density at radius 3 is 2.40 bits per heavy atom. The maximum absolute atomic E-state index is 5.41. The van der Waals surface area contributed by atoms with Crippen LogP contribution in [-0.4, -0.2) is 19.5 Å². The molecule has 54 valence electrons. The van der Waals surface area contributed by atoms with Crippen LogP contribution in [0.1, 0.15) is 0 Å². The molecule has 1 nitrogen and oxygen atoms in total. The third-order valence-corrected chi connectivity index (χ3v) is 5.77. The highest BCUT2D eigenvalue weighted by Gasteiger charge is 2.02. The van der Waals surface area contributed by atoms with Gasteiger partial charge >= 0.3 is 0 Å². The highest BCUT2D eigenvalue weighted by atomic mass is 28.3. The summed E-state index contributed by atoms with van der Waals surface area (Å²) < 4.78 is 5.41. The molecule has 0 aromatic heterocycles. The molecule has 0 aliphatic carbocycles. The molecule has 1 unspecified atom stereocenters. The highest BCUT2D eigenvalue weighted by Crippen LogP contribution is 1.87. The number of hydrogen-bond donors (Lipinski definition) is 0. The summed E-state index contributed by atoms with van der Waals surface area (Å²) in [6.07, 6.45) is 0. The Bertz CT molecular complexity index is 188. The fourth-order valence-corrected chi connectivity index (χ4v) is 2.71. The van der Waals surface area contributed by atoms with Crippen LogP contribution < -0.4 is 5.19 Å². The molecule has 1 rings (SSSR count). The van der Waals surface area contributed by atoms with E-state index in [1.165, 1.54) is 5.19 Å². The summed E-state index contributed by atoms with van der Waals surface area (Å²) in [7, 11) is -0.109. The minimum absolute atomic E-state index is 0.869. The quantitative estimate of drug-likeness (QED) is 0.543. The molecule has 0 heterocycles. The highest BCUT2D eigenvalue weighted by molar-refractivity contribution is 6.68. The van der Waals surface area contributed by atoms with Crippen molar-refractivity contribution in [2.45, 2.75) is 6.55 Å². The molecule has 0 saturated carbocycles. The van der Waals surface area contributed by atoms with Crippen molar-refractivity contribution in [2.24, 2.45) is 0 Å². The van der Waals surface area contributed by atoms with Crippen molar-refractivity contribution in [1.82, 2.24) is 0 Å². The van der Waals surface area contributed by atoms with Gasteiger partial charge in [-0.15, -0.1) is 0 Å². The number of benzene rings is 1. The summed E-state index contributed by atoms with van der Waals surface area (Å²) in [6, 6.07) is 10.5. The topological polar surface area (TPSA) is 9.23 Å². The molecule has 0 fully saturated rings. The maximum Gasteiger partial charge on any atom is 0.191 e. The molecule has 10 heavy (non-hydrogen) atoms. The lowest BCUT2D eigenvalue weighted by atomic mass is 10.4. The van der Waals surface area contributed by atoms with Crippen molar-refractivity contribution in [3.63, 3.8) is 0 Å². The zero-order chi connectivity index (χ0) is 7.40. The van der Waals surface area contributed by atoms with Crippen LogP contribution in [0, 0.1) is 0 Å². The van der Waals surface area contributed by atoms with Crippen molar-refractivity contribution < 1.29 is 4.12 Å². The molecule has 0 radical (unpaired) electrons. The van der Waals surface area contributed by atoms with Crippen molar-refractivity contribution in [3.8, 4) is 0 Å². The Balaban J connectivity index is 2.75. The van der Waals surface area contributed by atoms with Gasteiger partial charge in [-0.2, -0.15) is 0 Å². The molecule has 1 atom stereocenters. The van der Waals surface area contributed by atoms with Crippen LogP contribution in [0.15, 0.2) is 30.3 Å². The van der Waals surface area contributed by atoms with Gasteiger partial charge in [0.2, 0.25) is 0 Å². The van der Waals surface area contributed by atoms with Crippen molar-refractivity contribution in [1.29, 1.82) is 0 Å². The van der Waals surface area contributed by atoms with E-state index < -0.39 is 9.04 Å². The van der Waals surface area contributed by atoms with Crippen LogP contribution in [-0.2, 0) is 4.12 Å². The average Bonchev–Trinajstić information content (AvgIpc) is 2.05. The van der Waals surface area contributed by atoms with Crippen LogP contribution in [0.25, 0.3) is 0 Å². The van der Waals surface area contributed by atoms with Crippen LogP contribution >= 0.6 is 0 Å². The van der Waals surface area contributed by atoms with E-state index in [1.54, 1.807) is 0 Å². The van der Waals surface area contributed by atoms with E-state index in [2.05, 4.69) is 30.8 Å². The Hall–Kier alpha value is -0.386. The summed E-state index contributed by atoms with van der Waals surface area (Å²) in [5.41, 5.74) is 0. The monoisotopic (exact) mass is 168 g/mol. The van der Waals surface area contributed by atoms with Crippen LogP contribution in [0.5, 0.6) is 0 Å². The fourth-order valence-electron chi connectivity index (χ4n) is 0.860. The van der Waals surface area contributed by atoms with Gasteiger partial charge in [-0.25, -0.2) is 0 Å². The summed E-state index contributed by atoms with van der Waals surface area (Å²) in [6.45, 7) is 2.21. The molecule has 0 N–H and O–H groups in total. The molecule has 0 aliphatic heterocycles. The third kappa shape index (κ3) is 1.80. The van der Waals surface area contributed by atoms with E-state index in [0.29, 0.717) is 0 Å². The first-order valence-electron chi connectivity index (χ1n) is 3.42. The van der Waals surface area contributed by atoms with E-state index in [1.807, 2.05) is 6.07 Å². The molecule has 0 spiro atoms. The van der Waals surface area contributed by atoms with Crippen molar-refractivity contribution >= 4 is 24.7 Å². The maximum atomic E-state index is 5.41. The minimum Gasteiger partial charge on any atom is -0.463 e. The Labute approximate surface area is 66.3 Å². The molecular weight excluding hydrogens is 156 g/mol. The van der Waals surface area contributed by atoms with Gasteiger partial charge in [0.25, 0.3) is 0 Å². The molecule has 0 aliphatic rings. The van der Waals surface area contributed by atoms with Crippen LogP contribution in [0.3, 0.4) is 0 Å². The lowest BCUT2D eigenvalue weighted by molar-refractivity contribution is 0.654. The van der Waals surface area contributed by atoms with E-state index in [-0.39, 0.29) is 0 Å². The van der Waals surface area contributed by atoms with Gasteiger partial charge in [0.15, 0.2) is 9.04 Å². The second kappa shape index (κ2) is 3.70. The fraction of sp³-hybridized carbons (Fsp3) is 0.143. The first-order valence-corrected chi connectivity index (χ1v) is 6.44. The van der Waals surface area contributed by atoms with E-state index in [0.717, 1.165) is 10.5 Å². The minimum atomic E-state index is -0.978. The first-order chi connectivity index (χ1) is 4.84. The van der Waals surface area contributed by atoms with E-state index in [4.69, 9.17) is 4.12 Å². The Morgan fingerprint density at radius 1 is 1.30 bits per heavy atom. The third-order valence-electron chi connectivity index (χ3n) is 1.62. The second-order valence-electron chi connectivity index (χ2n) is 2.29. The summed E-state index contributed by atoms with van der Waals surface area (Å²) in [5, 5.41) is 1.40. The van der Waals surface area contributed by atoms with Gasteiger partial charge in [0, 0.05) is 0 Å². The largest absolute Gasteiger partial charge is 0.463 e. The predicted octanol–water partition coefficient (Wildman–Crippen LogP) is -0.456. The zero-order valence-corrected chi connectivity index (χ0v) is 9.53. The normalized spacial score (nSPS) is 13.3. The molecular formula is C7H12OSi2. The molecule has 3 heteroatoms.